The number of aliphatic hydroxyl groups is 1. The van der Waals surface area contributed by atoms with Crippen molar-refractivity contribution in [1.82, 2.24) is 14.8 Å². The maximum absolute atomic E-state index is 8.96. The number of β-amino-alcohol motifs (C(OH)–C–C–N with tert-alkyl or cyclic N) is 1. The van der Waals surface area contributed by atoms with Gasteiger partial charge in [0.2, 0.25) is 5.89 Å². The van der Waals surface area contributed by atoms with Crippen LogP contribution in [-0.2, 0) is 6.54 Å². The molecule has 1 aromatic heterocycles. The number of aromatic nitrogens is 1. The van der Waals surface area contributed by atoms with Crippen LogP contribution in [0.2, 0.25) is 5.02 Å². The van der Waals surface area contributed by atoms with E-state index in [1.807, 2.05) is 24.3 Å². The highest BCUT2D eigenvalue weighted by Gasteiger charge is 2.18. The van der Waals surface area contributed by atoms with Crippen molar-refractivity contribution in [3.63, 3.8) is 0 Å². The predicted molar refractivity (Wildman–Crippen MR) is 85.8 cm³/mol. The molecule has 1 fully saturated rings. The van der Waals surface area contributed by atoms with E-state index in [0.717, 1.165) is 50.5 Å². The fourth-order valence-corrected chi connectivity index (χ4v) is 2.90. The second kappa shape index (κ2) is 7.24. The zero-order valence-electron chi connectivity index (χ0n) is 12.4. The van der Waals surface area contributed by atoms with Crippen LogP contribution in [0.3, 0.4) is 0 Å². The summed E-state index contributed by atoms with van der Waals surface area (Å²) >= 11 is 6.17. The molecule has 1 aliphatic heterocycles. The Kier molecular flexibility index (Phi) is 5.10. The van der Waals surface area contributed by atoms with Crippen molar-refractivity contribution in [2.45, 2.75) is 6.54 Å². The van der Waals surface area contributed by atoms with E-state index in [4.69, 9.17) is 21.1 Å². The minimum atomic E-state index is 0.227. The Balaban J connectivity index is 1.60. The van der Waals surface area contributed by atoms with Crippen LogP contribution >= 0.6 is 11.6 Å². The molecule has 0 saturated carbocycles. The Bertz CT molecular complexity index is 609. The van der Waals surface area contributed by atoms with E-state index in [1.165, 1.54) is 0 Å². The summed E-state index contributed by atoms with van der Waals surface area (Å²) in [6.07, 6.45) is 1.71. The molecule has 0 atom stereocenters. The van der Waals surface area contributed by atoms with Gasteiger partial charge in [-0.05, 0) is 12.1 Å². The summed E-state index contributed by atoms with van der Waals surface area (Å²) in [6, 6.07) is 7.56. The van der Waals surface area contributed by atoms with Crippen molar-refractivity contribution in [1.29, 1.82) is 0 Å². The van der Waals surface area contributed by atoms with Gasteiger partial charge in [-0.3, -0.25) is 9.80 Å². The number of hydrogen-bond acceptors (Lipinski definition) is 5. The third-order valence-corrected chi connectivity index (χ3v) is 4.25. The third-order valence-electron chi connectivity index (χ3n) is 3.92. The van der Waals surface area contributed by atoms with Crippen LogP contribution in [0.15, 0.2) is 34.9 Å². The number of aliphatic hydroxyl groups excluding tert-OH is 1. The molecule has 6 heteroatoms. The molecule has 118 valence electrons. The lowest BCUT2D eigenvalue weighted by atomic mass is 10.2. The van der Waals surface area contributed by atoms with E-state index in [9.17, 15) is 0 Å². The smallest absolute Gasteiger partial charge is 0.227 e. The van der Waals surface area contributed by atoms with Crippen molar-refractivity contribution >= 4 is 11.6 Å². The zero-order chi connectivity index (χ0) is 15.4. The molecule has 2 heterocycles. The van der Waals surface area contributed by atoms with Crippen LogP contribution < -0.4 is 0 Å². The fraction of sp³-hybridized carbons (Fsp3) is 0.438. The summed E-state index contributed by atoms with van der Waals surface area (Å²) in [5, 5.41) is 9.61. The monoisotopic (exact) mass is 321 g/mol. The summed E-state index contributed by atoms with van der Waals surface area (Å²) in [6.45, 7) is 5.69. The van der Waals surface area contributed by atoms with E-state index in [2.05, 4.69) is 14.8 Å². The van der Waals surface area contributed by atoms with Crippen LogP contribution in [0, 0.1) is 0 Å². The first kappa shape index (κ1) is 15.5. The van der Waals surface area contributed by atoms with Crippen molar-refractivity contribution in [2.75, 3.05) is 39.3 Å². The van der Waals surface area contributed by atoms with Gasteiger partial charge in [0.25, 0.3) is 0 Å². The van der Waals surface area contributed by atoms with Gasteiger partial charge in [0.05, 0.1) is 22.9 Å². The lowest BCUT2D eigenvalue weighted by Gasteiger charge is -2.33. The average molecular weight is 322 g/mol. The standard InChI is InChI=1S/C16H20ClN3O2/c17-15-4-2-1-3-14(15)16-18-13(12-22-16)11-20-7-5-19(6-8-20)9-10-21/h1-4,12,21H,5-11H2. The van der Waals surface area contributed by atoms with Gasteiger partial charge >= 0.3 is 0 Å². The van der Waals surface area contributed by atoms with Crippen molar-refractivity contribution in [2.24, 2.45) is 0 Å². The number of oxazole rings is 1. The highest BCUT2D eigenvalue weighted by molar-refractivity contribution is 6.33. The lowest BCUT2D eigenvalue weighted by molar-refractivity contribution is 0.107. The fourth-order valence-electron chi connectivity index (χ4n) is 2.68. The normalized spacial score (nSPS) is 17.0. The number of rotatable bonds is 5. The molecule has 0 radical (unpaired) electrons. The molecule has 1 N–H and O–H groups in total. The largest absolute Gasteiger partial charge is 0.444 e. The van der Waals surface area contributed by atoms with E-state index in [-0.39, 0.29) is 6.61 Å². The van der Waals surface area contributed by atoms with E-state index < -0.39 is 0 Å². The summed E-state index contributed by atoms with van der Waals surface area (Å²) in [4.78, 5) is 9.17. The van der Waals surface area contributed by atoms with Crippen molar-refractivity contribution in [3.05, 3.63) is 41.2 Å². The summed E-state index contributed by atoms with van der Waals surface area (Å²) in [5.41, 5.74) is 1.74. The molecule has 5 nitrogen and oxygen atoms in total. The van der Waals surface area contributed by atoms with Gasteiger partial charge in [-0.2, -0.15) is 0 Å². The quantitative estimate of drug-likeness (QED) is 0.914. The van der Waals surface area contributed by atoms with Crippen LogP contribution in [0.4, 0.5) is 0 Å². The number of hydrogen-bond donors (Lipinski definition) is 1. The predicted octanol–water partition coefficient (Wildman–Crippen LogP) is 2.10. The van der Waals surface area contributed by atoms with Gasteiger partial charge < -0.3 is 9.52 Å². The molecule has 1 saturated heterocycles. The van der Waals surface area contributed by atoms with Crippen molar-refractivity contribution < 1.29 is 9.52 Å². The Morgan fingerprint density at radius 1 is 1.14 bits per heavy atom. The average Bonchev–Trinajstić information content (AvgIpc) is 2.98. The van der Waals surface area contributed by atoms with Crippen LogP contribution in [-0.4, -0.2) is 59.2 Å². The van der Waals surface area contributed by atoms with E-state index in [0.29, 0.717) is 10.9 Å². The first-order valence-corrected chi connectivity index (χ1v) is 7.89. The third kappa shape index (κ3) is 3.67. The molecule has 0 unspecified atom stereocenters. The number of halogens is 1. The molecular weight excluding hydrogens is 302 g/mol. The first-order chi connectivity index (χ1) is 10.8. The van der Waals surface area contributed by atoms with Gasteiger partial charge in [0.1, 0.15) is 6.26 Å². The topological polar surface area (TPSA) is 52.7 Å². The molecule has 1 aromatic carbocycles. The molecule has 0 amide bonds. The van der Waals surface area contributed by atoms with Crippen LogP contribution in [0.5, 0.6) is 0 Å². The minimum absolute atomic E-state index is 0.227. The second-order valence-corrected chi connectivity index (χ2v) is 5.87. The summed E-state index contributed by atoms with van der Waals surface area (Å²) in [5.74, 6) is 0.569. The van der Waals surface area contributed by atoms with Crippen LogP contribution in [0.25, 0.3) is 11.5 Å². The van der Waals surface area contributed by atoms with E-state index >= 15 is 0 Å². The zero-order valence-corrected chi connectivity index (χ0v) is 13.2. The van der Waals surface area contributed by atoms with Gasteiger partial charge in [0.15, 0.2) is 0 Å². The number of piperazine rings is 1. The molecule has 0 bridgehead atoms. The molecule has 0 spiro atoms. The van der Waals surface area contributed by atoms with Gasteiger partial charge in [-0.1, -0.05) is 23.7 Å². The summed E-state index contributed by atoms with van der Waals surface area (Å²) in [7, 11) is 0. The van der Waals surface area contributed by atoms with Crippen molar-refractivity contribution in [3.8, 4) is 11.5 Å². The highest BCUT2D eigenvalue weighted by atomic mass is 35.5. The number of benzene rings is 1. The molecule has 2 aromatic rings. The van der Waals surface area contributed by atoms with Gasteiger partial charge in [-0.25, -0.2) is 4.98 Å². The highest BCUT2D eigenvalue weighted by Crippen LogP contribution is 2.27. The van der Waals surface area contributed by atoms with Gasteiger partial charge in [0, 0.05) is 39.3 Å². The minimum Gasteiger partial charge on any atom is -0.444 e. The molecule has 0 aliphatic carbocycles. The Morgan fingerprint density at radius 2 is 1.86 bits per heavy atom. The molecule has 22 heavy (non-hydrogen) atoms. The Morgan fingerprint density at radius 3 is 2.59 bits per heavy atom. The second-order valence-electron chi connectivity index (χ2n) is 5.47. The van der Waals surface area contributed by atoms with Gasteiger partial charge in [-0.15, -0.1) is 0 Å². The first-order valence-electron chi connectivity index (χ1n) is 7.51. The summed E-state index contributed by atoms with van der Waals surface area (Å²) < 4.78 is 5.57. The van der Waals surface area contributed by atoms with E-state index in [1.54, 1.807) is 6.26 Å². The number of nitrogens with zero attached hydrogens (tertiary/aromatic N) is 3. The lowest BCUT2D eigenvalue weighted by Crippen LogP contribution is -2.46. The van der Waals surface area contributed by atoms with Crippen LogP contribution in [0.1, 0.15) is 5.69 Å². The molecule has 3 rings (SSSR count). The maximum atomic E-state index is 8.96. The Hall–Kier alpha value is -1.40. The molecular formula is C16H20ClN3O2. The molecule has 1 aliphatic rings. The SMILES string of the molecule is OCCN1CCN(Cc2coc(-c3ccccc3Cl)n2)CC1. The Labute approximate surface area is 135 Å². The maximum Gasteiger partial charge on any atom is 0.227 e.